The average Bonchev–Trinajstić information content (AvgIpc) is 3.17. The van der Waals surface area contributed by atoms with Gasteiger partial charge in [0.1, 0.15) is 6.04 Å². The van der Waals surface area contributed by atoms with E-state index in [2.05, 4.69) is 38.2 Å². The van der Waals surface area contributed by atoms with E-state index in [9.17, 15) is 9.59 Å². The number of amides is 2. The Labute approximate surface area is 339 Å². The number of nitrogens with zero attached hydrogens (tertiary/aromatic N) is 2. The molecule has 1 N–H and O–H groups in total. The van der Waals surface area contributed by atoms with Gasteiger partial charge in [0.05, 0.1) is 0 Å². The van der Waals surface area contributed by atoms with Crippen molar-refractivity contribution in [1.82, 2.24) is 15.1 Å². The minimum absolute atomic E-state index is 0.123. The Hall–Kier alpha value is -1.10. The zero-order chi connectivity index (χ0) is 39.2. The van der Waals surface area contributed by atoms with Gasteiger partial charge >= 0.3 is 0 Å². The van der Waals surface area contributed by atoms with Gasteiger partial charge in [-0.3, -0.25) is 9.59 Å². The molecule has 0 aromatic carbocycles. The number of nitrogens with one attached hydrogen (secondary N) is 1. The molecule has 0 aromatic heterocycles. The van der Waals surface area contributed by atoms with E-state index >= 15 is 0 Å². The van der Waals surface area contributed by atoms with Crippen molar-refractivity contribution in [2.75, 3.05) is 33.7 Å². The van der Waals surface area contributed by atoms with Gasteiger partial charge in [-0.25, -0.2) is 0 Å². The Morgan fingerprint density at radius 3 is 1.24 bits per heavy atom. The highest BCUT2D eigenvalue weighted by Gasteiger charge is 2.36. The molecule has 0 bridgehead atoms. The predicted octanol–water partition coefficient (Wildman–Crippen LogP) is 14.4. The largest absolute Gasteiger partial charge is 0.354 e. The van der Waals surface area contributed by atoms with E-state index in [4.69, 9.17) is 0 Å². The summed E-state index contributed by atoms with van der Waals surface area (Å²) in [7, 11) is 4.20. The number of hydrogen-bond donors (Lipinski definition) is 1. The summed E-state index contributed by atoms with van der Waals surface area (Å²) in [5.74, 6) is 0.642. The van der Waals surface area contributed by atoms with Crippen LogP contribution in [-0.4, -0.2) is 61.4 Å². The highest BCUT2D eigenvalue weighted by Crippen LogP contribution is 2.30. The van der Waals surface area contributed by atoms with Gasteiger partial charge in [0.25, 0.3) is 0 Å². The van der Waals surface area contributed by atoms with Crippen LogP contribution in [0.2, 0.25) is 0 Å². The maximum Gasteiger partial charge on any atom is 0.243 e. The second kappa shape index (κ2) is 38.8. The van der Waals surface area contributed by atoms with Crippen LogP contribution in [0.15, 0.2) is 0 Å². The number of carbonyl (C=O) groups excluding carboxylic acids is 2. The second-order valence-corrected chi connectivity index (χ2v) is 17.9. The molecule has 320 valence electrons. The third-order valence-electron chi connectivity index (χ3n) is 12.3. The van der Waals surface area contributed by atoms with E-state index in [-0.39, 0.29) is 17.9 Å². The fourth-order valence-corrected chi connectivity index (χ4v) is 8.82. The van der Waals surface area contributed by atoms with Crippen LogP contribution in [-0.2, 0) is 9.59 Å². The van der Waals surface area contributed by atoms with E-state index in [1.54, 1.807) is 0 Å². The molecule has 0 aliphatic heterocycles. The molecule has 0 aromatic rings. The third kappa shape index (κ3) is 30.1. The summed E-state index contributed by atoms with van der Waals surface area (Å²) in [4.78, 5) is 32.1. The van der Waals surface area contributed by atoms with Gasteiger partial charge in [-0.05, 0) is 58.7 Å². The lowest BCUT2D eigenvalue weighted by Gasteiger charge is -2.38. The molecule has 54 heavy (non-hydrogen) atoms. The lowest BCUT2D eigenvalue weighted by molar-refractivity contribution is -0.143. The molecule has 0 spiro atoms. The topological polar surface area (TPSA) is 52.7 Å². The monoisotopic (exact) mass is 760 g/mol. The molecule has 1 saturated carbocycles. The van der Waals surface area contributed by atoms with Crippen molar-refractivity contribution in [3.8, 4) is 0 Å². The van der Waals surface area contributed by atoms with E-state index in [0.29, 0.717) is 18.9 Å². The normalized spacial score (nSPS) is 14.2. The Balaban J connectivity index is 2.37. The fourth-order valence-electron chi connectivity index (χ4n) is 8.82. The third-order valence-corrected chi connectivity index (χ3v) is 12.3. The molecule has 0 radical (unpaired) electrons. The van der Waals surface area contributed by atoms with Crippen LogP contribution in [0.3, 0.4) is 0 Å². The predicted molar refractivity (Wildman–Crippen MR) is 237 cm³/mol. The standard InChI is InChI=1S/C49H97N3O2/c1-5-7-9-11-13-15-17-19-21-23-25-27-29-31-33-38-43-50-49(54)48(46-40-35-34-36-41-46)52(45-39-44-51(3)4)47(53)42-37-32-30-28-26-24-22-20-18-16-14-12-10-8-6-2/h46,48H,5-45H2,1-4H3,(H,50,54). The Morgan fingerprint density at radius 1 is 0.481 bits per heavy atom. The van der Waals surface area contributed by atoms with Crippen LogP contribution in [0.25, 0.3) is 0 Å². The number of hydrogen-bond acceptors (Lipinski definition) is 3. The summed E-state index contributed by atoms with van der Waals surface area (Å²) in [5, 5.41) is 3.34. The highest BCUT2D eigenvalue weighted by molar-refractivity contribution is 5.88. The lowest BCUT2D eigenvalue weighted by atomic mass is 9.82. The van der Waals surface area contributed by atoms with Gasteiger partial charge in [0.15, 0.2) is 0 Å². The summed E-state index contributed by atoms with van der Waals surface area (Å²) < 4.78 is 0. The van der Waals surface area contributed by atoms with Gasteiger partial charge < -0.3 is 15.1 Å². The van der Waals surface area contributed by atoms with Gasteiger partial charge in [-0.15, -0.1) is 0 Å². The van der Waals surface area contributed by atoms with E-state index in [1.165, 1.54) is 199 Å². The maximum absolute atomic E-state index is 13.9. The summed E-state index contributed by atoms with van der Waals surface area (Å²) in [5.41, 5.74) is 0. The molecule has 1 atom stereocenters. The van der Waals surface area contributed by atoms with E-state index in [0.717, 1.165) is 51.6 Å². The molecule has 2 amide bonds. The zero-order valence-corrected chi connectivity index (χ0v) is 37.4. The van der Waals surface area contributed by atoms with Crippen molar-refractivity contribution in [3.63, 3.8) is 0 Å². The summed E-state index contributed by atoms with van der Waals surface area (Å²) in [6.45, 7) is 6.98. The number of rotatable bonds is 40. The molecular weight excluding hydrogens is 663 g/mol. The first-order valence-electron chi connectivity index (χ1n) is 24.7. The lowest BCUT2D eigenvalue weighted by Crippen LogP contribution is -2.54. The Kier molecular flexibility index (Phi) is 36.5. The van der Waals surface area contributed by atoms with Crippen molar-refractivity contribution in [3.05, 3.63) is 0 Å². The van der Waals surface area contributed by atoms with Crippen LogP contribution >= 0.6 is 0 Å². The molecule has 0 heterocycles. The average molecular weight is 760 g/mol. The number of unbranched alkanes of at least 4 members (excludes halogenated alkanes) is 29. The maximum atomic E-state index is 13.9. The second-order valence-electron chi connectivity index (χ2n) is 17.9. The quantitative estimate of drug-likeness (QED) is 0.0633. The SMILES string of the molecule is CCCCCCCCCCCCCCCCCCNC(=O)C(C1CCCCC1)N(CCCN(C)C)C(=O)CCCCCCCCCCCCCCCCC. The van der Waals surface area contributed by atoms with Crippen LogP contribution in [0.4, 0.5) is 0 Å². The molecule has 1 aliphatic rings. The first-order chi connectivity index (χ1) is 26.5. The first kappa shape index (κ1) is 50.9. The fraction of sp³-hybridized carbons (Fsp3) is 0.959. The Bertz CT molecular complexity index is 811. The zero-order valence-electron chi connectivity index (χ0n) is 37.4. The summed E-state index contributed by atoms with van der Waals surface area (Å²) in [6.07, 6.45) is 49.0. The summed E-state index contributed by atoms with van der Waals surface area (Å²) >= 11 is 0. The van der Waals surface area contributed by atoms with E-state index in [1.807, 2.05) is 4.90 Å². The van der Waals surface area contributed by atoms with Crippen LogP contribution in [0.5, 0.6) is 0 Å². The van der Waals surface area contributed by atoms with Crippen molar-refractivity contribution in [1.29, 1.82) is 0 Å². The van der Waals surface area contributed by atoms with Crippen molar-refractivity contribution >= 4 is 11.8 Å². The molecular formula is C49H97N3O2. The molecule has 0 saturated heterocycles. The minimum Gasteiger partial charge on any atom is -0.354 e. The Morgan fingerprint density at radius 2 is 0.852 bits per heavy atom. The van der Waals surface area contributed by atoms with Gasteiger partial charge in [0.2, 0.25) is 11.8 Å². The van der Waals surface area contributed by atoms with Crippen LogP contribution in [0, 0.1) is 5.92 Å². The molecule has 5 heteroatoms. The van der Waals surface area contributed by atoms with Gasteiger partial charge in [-0.1, -0.05) is 219 Å². The minimum atomic E-state index is -0.294. The van der Waals surface area contributed by atoms with Gasteiger partial charge in [0, 0.05) is 19.5 Å². The van der Waals surface area contributed by atoms with Crippen LogP contribution in [0.1, 0.15) is 258 Å². The first-order valence-corrected chi connectivity index (χ1v) is 24.7. The van der Waals surface area contributed by atoms with Crippen molar-refractivity contribution in [2.45, 2.75) is 264 Å². The molecule has 1 unspecified atom stereocenters. The molecule has 1 fully saturated rings. The van der Waals surface area contributed by atoms with Crippen molar-refractivity contribution in [2.24, 2.45) is 5.92 Å². The van der Waals surface area contributed by atoms with Crippen molar-refractivity contribution < 1.29 is 9.59 Å². The smallest absolute Gasteiger partial charge is 0.243 e. The van der Waals surface area contributed by atoms with Crippen LogP contribution < -0.4 is 5.32 Å². The molecule has 1 rings (SSSR count). The molecule has 5 nitrogen and oxygen atoms in total. The molecule has 1 aliphatic carbocycles. The number of carbonyl (C=O) groups is 2. The van der Waals surface area contributed by atoms with Gasteiger partial charge in [-0.2, -0.15) is 0 Å². The highest BCUT2D eigenvalue weighted by atomic mass is 16.2. The van der Waals surface area contributed by atoms with E-state index < -0.39 is 0 Å². The summed E-state index contributed by atoms with van der Waals surface area (Å²) in [6, 6.07) is -0.294.